The predicted molar refractivity (Wildman–Crippen MR) is 91.1 cm³/mol. The number of rotatable bonds is 4. The van der Waals surface area contributed by atoms with Crippen molar-refractivity contribution >= 4 is 29.5 Å². The van der Waals surface area contributed by atoms with Crippen LogP contribution in [0.5, 0.6) is 0 Å². The zero-order valence-corrected chi connectivity index (χ0v) is 15.1. The highest BCUT2D eigenvalue weighted by atomic mass is 32.2. The van der Waals surface area contributed by atoms with E-state index in [1.54, 1.807) is 0 Å². The molecule has 1 aliphatic carbocycles. The molecule has 2 rings (SSSR count). The molecule has 7 nitrogen and oxygen atoms in total. The molecule has 1 aliphatic heterocycles. The summed E-state index contributed by atoms with van der Waals surface area (Å²) in [4.78, 5) is 35.4. The number of ketones is 1. The highest BCUT2D eigenvalue weighted by Crippen LogP contribution is 2.39. The first-order valence-electron chi connectivity index (χ1n) is 8.72. The van der Waals surface area contributed by atoms with Crippen molar-refractivity contribution in [2.45, 2.75) is 69.0 Å². The number of cyclic esters (lactones) is 1. The van der Waals surface area contributed by atoms with E-state index in [2.05, 4.69) is 0 Å². The van der Waals surface area contributed by atoms with Crippen LogP contribution in [0.25, 0.3) is 0 Å². The van der Waals surface area contributed by atoms with Gasteiger partial charge in [0.25, 0.3) is 0 Å². The predicted octanol–water partition coefficient (Wildman–Crippen LogP) is 0.996. The Kier molecular flexibility index (Phi) is 7.27. The summed E-state index contributed by atoms with van der Waals surface area (Å²) >= 11 is 1.07. The molecule has 0 spiro atoms. The molecule has 0 aromatic rings. The standard InChI is InChI=1S/C17H26O7S/c1-9-4-2-3-5-10-11(6-15(20)24-9)16(21)14(7-12(10)18)25-8-13(19)17(22)23/h9-11,13-14,16,19,21H,2-8H2,1H3,(H,22,23)/t9-,10+,11+,13?,14-,16+/m0/s1. The summed E-state index contributed by atoms with van der Waals surface area (Å²) in [5, 5.41) is 28.3. The second kappa shape index (κ2) is 9.00. The van der Waals surface area contributed by atoms with Crippen molar-refractivity contribution in [3.8, 4) is 0 Å². The second-order valence-corrected chi connectivity index (χ2v) is 8.22. The molecule has 2 aliphatic rings. The number of fused-ring (bicyclic) bond motifs is 1. The van der Waals surface area contributed by atoms with Gasteiger partial charge in [0.2, 0.25) is 0 Å². The summed E-state index contributed by atoms with van der Waals surface area (Å²) < 4.78 is 5.34. The van der Waals surface area contributed by atoms with Crippen LogP contribution in [0, 0.1) is 11.8 Å². The topological polar surface area (TPSA) is 121 Å². The Morgan fingerprint density at radius 1 is 1.28 bits per heavy atom. The van der Waals surface area contributed by atoms with Gasteiger partial charge in [-0.3, -0.25) is 9.59 Å². The minimum absolute atomic E-state index is 0.000892. The van der Waals surface area contributed by atoms with Crippen molar-refractivity contribution in [3.05, 3.63) is 0 Å². The van der Waals surface area contributed by atoms with Crippen molar-refractivity contribution in [2.75, 3.05) is 5.75 Å². The second-order valence-electron chi connectivity index (χ2n) is 6.95. The fourth-order valence-corrected chi connectivity index (χ4v) is 4.88. The normalized spacial score (nSPS) is 35.4. The zero-order chi connectivity index (χ0) is 18.6. The van der Waals surface area contributed by atoms with Crippen LogP contribution in [0.2, 0.25) is 0 Å². The average Bonchev–Trinajstić information content (AvgIpc) is 2.54. The van der Waals surface area contributed by atoms with Crippen molar-refractivity contribution < 1.29 is 34.4 Å². The van der Waals surface area contributed by atoms with Gasteiger partial charge in [-0.2, -0.15) is 11.8 Å². The van der Waals surface area contributed by atoms with Gasteiger partial charge < -0.3 is 20.1 Å². The Morgan fingerprint density at radius 3 is 2.64 bits per heavy atom. The fraction of sp³-hybridized carbons (Fsp3) is 0.824. The Labute approximate surface area is 151 Å². The number of hydrogen-bond donors (Lipinski definition) is 3. The maximum absolute atomic E-state index is 12.5. The summed E-state index contributed by atoms with van der Waals surface area (Å²) in [6.07, 6.45) is 0.625. The number of esters is 1. The first kappa shape index (κ1) is 20.2. The molecule has 2 fully saturated rings. The summed E-state index contributed by atoms with van der Waals surface area (Å²) in [5.41, 5.74) is 0. The average molecular weight is 374 g/mol. The Hall–Kier alpha value is -1.12. The molecule has 0 amide bonds. The lowest BCUT2D eigenvalue weighted by Crippen LogP contribution is -2.47. The smallest absolute Gasteiger partial charge is 0.333 e. The number of thioether (sulfide) groups is 1. The monoisotopic (exact) mass is 374 g/mol. The third-order valence-corrected chi connectivity index (χ3v) is 6.40. The molecule has 0 bridgehead atoms. The van der Waals surface area contributed by atoms with Crippen LogP contribution in [-0.2, 0) is 19.1 Å². The van der Waals surface area contributed by atoms with E-state index in [9.17, 15) is 24.6 Å². The molecule has 1 saturated carbocycles. The van der Waals surface area contributed by atoms with Gasteiger partial charge in [-0.25, -0.2) is 4.79 Å². The molecular formula is C17H26O7S. The molecule has 25 heavy (non-hydrogen) atoms. The van der Waals surface area contributed by atoms with E-state index in [0.29, 0.717) is 6.42 Å². The van der Waals surface area contributed by atoms with Crippen molar-refractivity contribution in [3.63, 3.8) is 0 Å². The summed E-state index contributed by atoms with van der Waals surface area (Å²) in [7, 11) is 0. The maximum Gasteiger partial charge on any atom is 0.333 e. The summed E-state index contributed by atoms with van der Waals surface area (Å²) in [5.74, 6) is -2.73. The third-order valence-electron chi connectivity index (χ3n) is 5.02. The zero-order valence-electron chi connectivity index (χ0n) is 14.3. The highest BCUT2D eigenvalue weighted by molar-refractivity contribution is 8.00. The number of ether oxygens (including phenoxy) is 1. The lowest BCUT2D eigenvalue weighted by molar-refractivity contribution is -0.153. The van der Waals surface area contributed by atoms with E-state index in [0.717, 1.165) is 31.0 Å². The van der Waals surface area contributed by atoms with Gasteiger partial charge in [-0.1, -0.05) is 6.42 Å². The van der Waals surface area contributed by atoms with E-state index in [1.165, 1.54) is 0 Å². The molecule has 142 valence electrons. The van der Waals surface area contributed by atoms with Crippen LogP contribution in [0.1, 0.15) is 45.4 Å². The Bertz CT molecular complexity index is 509. The molecule has 0 radical (unpaired) electrons. The van der Waals surface area contributed by atoms with Crippen molar-refractivity contribution in [1.29, 1.82) is 0 Å². The van der Waals surface area contributed by atoms with E-state index < -0.39 is 35.3 Å². The molecule has 1 heterocycles. The number of aliphatic carboxylic acids is 1. The number of carbonyl (C=O) groups excluding carboxylic acids is 2. The first-order valence-corrected chi connectivity index (χ1v) is 9.77. The van der Waals surface area contributed by atoms with E-state index in [1.807, 2.05) is 6.92 Å². The SMILES string of the molecule is C[C@H]1CCCC[C@H]2C(=O)C[C@H](SCC(O)C(=O)O)[C@H](O)[C@@H]2CC(=O)O1. The van der Waals surface area contributed by atoms with Crippen LogP contribution in [0.15, 0.2) is 0 Å². The van der Waals surface area contributed by atoms with Gasteiger partial charge in [0.15, 0.2) is 6.10 Å². The molecule has 8 heteroatoms. The molecule has 3 N–H and O–H groups in total. The van der Waals surface area contributed by atoms with Gasteiger partial charge in [0.1, 0.15) is 5.78 Å². The highest BCUT2D eigenvalue weighted by Gasteiger charge is 2.44. The summed E-state index contributed by atoms with van der Waals surface area (Å²) in [6, 6.07) is 0. The van der Waals surface area contributed by atoms with Gasteiger partial charge >= 0.3 is 11.9 Å². The van der Waals surface area contributed by atoms with Gasteiger partial charge in [0, 0.05) is 29.3 Å². The number of carbonyl (C=O) groups is 3. The fourth-order valence-electron chi connectivity index (χ4n) is 3.62. The van der Waals surface area contributed by atoms with Crippen LogP contribution in [0.3, 0.4) is 0 Å². The van der Waals surface area contributed by atoms with Crippen LogP contribution in [-0.4, -0.2) is 62.4 Å². The Balaban J connectivity index is 2.08. The van der Waals surface area contributed by atoms with Crippen LogP contribution in [0.4, 0.5) is 0 Å². The van der Waals surface area contributed by atoms with Gasteiger partial charge in [0.05, 0.1) is 18.6 Å². The Morgan fingerprint density at radius 2 is 1.96 bits per heavy atom. The van der Waals surface area contributed by atoms with Crippen molar-refractivity contribution in [1.82, 2.24) is 0 Å². The van der Waals surface area contributed by atoms with E-state index in [-0.39, 0.29) is 36.4 Å². The largest absolute Gasteiger partial charge is 0.479 e. The molecular weight excluding hydrogens is 348 g/mol. The minimum Gasteiger partial charge on any atom is -0.479 e. The van der Waals surface area contributed by atoms with Crippen molar-refractivity contribution in [2.24, 2.45) is 11.8 Å². The summed E-state index contributed by atoms with van der Waals surface area (Å²) in [6.45, 7) is 1.84. The molecule has 6 atom stereocenters. The minimum atomic E-state index is -1.54. The lowest BCUT2D eigenvalue weighted by atomic mass is 9.72. The molecule has 0 aromatic carbocycles. The molecule has 0 aromatic heterocycles. The quantitative estimate of drug-likeness (QED) is 0.623. The van der Waals surface area contributed by atoms with Gasteiger partial charge in [-0.05, 0) is 26.2 Å². The number of carboxylic acid groups (broad SMARTS) is 1. The number of aliphatic hydroxyl groups is 2. The number of hydrogen-bond acceptors (Lipinski definition) is 7. The lowest BCUT2D eigenvalue weighted by Gasteiger charge is -2.39. The van der Waals surface area contributed by atoms with E-state index >= 15 is 0 Å². The molecule has 1 unspecified atom stereocenters. The van der Waals surface area contributed by atoms with E-state index in [4.69, 9.17) is 9.84 Å². The molecule has 1 saturated heterocycles. The number of aliphatic hydroxyl groups excluding tert-OH is 2. The van der Waals surface area contributed by atoms with Gasteiger partial charge in [-0.15, -0.1) is 0 Å². The first-order chi connectivity index (χ1) is 11.8. The number of carboxylic acids is 1. The number of Topliss-reactive ketones (excluding diaryl/α,β-unsaturated/α-hetero) is 1. The van der Waals surface area contributed by atoms with Crippen LogP contribution >= 0.6 is 11.8 Å². The maximum atomic E-state index is 12.5. The van der Waals surface area contributed by atoms with Crippen LogP contribution < -0.4 is 0 Å². The third kappa shape index (κ3) is 5.43.